The summed E-state index contributed by atoms with van der Waals surface area (Å²) in [4.78, 5) is 18.7. The molecule has 0 saturated carbocycles. The minimum Gasteiger partial charge on any atom is -0.375 e. The maximum atomic E-state index is 12.0. The van der Waals surface area contributed by atoms with Crippen molar-refractivity contribution in [3.05, 3.63) is 22.1 Å². The van der Waals surface area contributed by atoms with Gasteiger partial charge in [0.2, 0.25) is 5.95 Å². The molecular formula is C14H22F3N3O2. The number of anilines is 1. The van der Waals surface area contributed by atoms with Crippen LogP contribution < -0.4 is 10.5 Å². The fourth-order valence-electron chi connectivity index (χ4n) is 2.12. The third-order valence-corrected chi connectivity index (χ3v) is 3.25. The molecule has 2 heterocycles. The highest BCUT2D eigenvalue weighted by atomic mass is 19.4. The van der Waals surface area contributed by atoms with Crippen LogP contribution in [0.2, 0.25) is 0 Å². The topological polar surface area (TPSA) is 47.4 Å². The number of morpholine rings is 1. The van der Waals surface area contributed by atoms with E-state index in [2.05, 4.69) is 9.88 Å². The monoisotopic (exact) mass is 321 g/mol. The lowest BCUT2D eigenvalue weighted by Gasteiger charge is -2.33. The normalized spacial score (nSPS) is 18.4. The maximum Gasteiger partial charge on any atom is 0.379 e. The van der Waals surface area contributed by atoms with Crippen molar-refractivity contribution in [3.8, 4) is 0 Å². The van der Waals surface area contributed by atoms with Crippen LogP contribution in [0.3, 0.4) is 0 Å². The van der Waals surface area contributed by atoms with E-state index < -0.39 is 6.68 Å². The fraction of sp³-hybridized carbons (Fsp3) is 0.714. The van der Waals surface area contributed by atoms with Gasteiger partial charge in [0.15, 0.2) is 0 Å². The van der Waals surface area contributed by atoms with E-state index in [1.807, 2.05) is 20.8 Å². The molecule has 1 aromatic rings. The smallest absolute Gasteiger partial charge is 0.375 e. The zero-order valence-corrected chi connectivity index (χ0v) is 13.2. The molecule has 0 radical (unpaired) electrons. The van der Waals surface area contributed by atoms with E-state index in [0.29, 0.717) is 6.61 Å². The molecule has 0 bridgehead atoms. The van der Waals surface area contributed by atoms with E-state index in [0.717, 1.165) is 24.7 Å². The van der Waals surface area contributed by atoms with Crippen molar-refractivity contribution in [1.29, 1.82) is 0 Å². The highest BCUT2D eigenvalue weighted by Gasteiger charge is 2.21. The molecule has 8 heteroatoms. The van der Waals surface area contributed by atoms with Gasteiger partial charge >= 0.3 is 6.68 Å². The van der Waals surface area contributed by atoms with Crippen LogP contribution >= 0.6 is 0 Å². The highest BCUT2D eigenvalue weighted by Crippen LogP contribution is 2.17. The molecule has 0 aliphatic carbocycles. The van der Waals surface area contributed by atoms with Crippen LogP contribution in [-0.4, -0.2) is 42.0 Å². The largest absolute Gasteiger partial charge is 0.379 e. The first-order chi connectivity index (χ1) is 10.2. The lowest BCUT2D eigenvalue weighted by atomic mass is 10.1. The molecule has 22 heavy (non-hydrogen) atoms. The van der Waals surface area contributed by atoms with Crippen LogP contribution in [0.25, 0.3) is 0 Å². The molecule has 0 N–H and O–H groups in total. The van der Waals surface area contributed by atoms with E-state index in [1.54, 1.807) is 17.7 Å². The van der Waals surface area contributed by atoms with Gasteiger partial charge in [0.1, 0.15) is 0 Å². The minimum absolute atomic E-state index is 0.00263. The van der Waals surface area contributed by atoms with E-state index in [4.69, 9.17) is 4.74 Å². The summed E-state index contributed by atoms with van der Waals surface area (Å²) < 4.78 is 36.1. The SMILES string of the molecule is CC1CN(c2nc(C(C)C)cc(=O)n2C)CCO1.FC(F)F. The molecule has 1 aliphatic rings. The second-order valence-electron chi connectivity index (χ2n) is 5.41. The summed E-state index contributed by atoms with van der Waals surface area (Å²) in [5.41, 5.74) is 0.857. The first-order valence-corrected chi connectivity index (χ1v) is 7.09. The summed E-state index contributed by atoms with van der Waals surface area (Å²) >= 11 is 0. The van der Waals surface area contributed by atoms with Crippen LogP contribution in [0, 0.1) is 0 Å². The average molecular weight is 321 g/mol. The van der Waals surface area contributed by atoms with Crippen LogP contribution in [-0.2, 0) is 11.8 Å². The second-order valence-corrected chi connectivity index (χ2v) is 5.41. The Kier molecular flexibility index (Phi) is 6.86. The van der Waals surface area contributed by atoms with Gasteiger partial charge in [0.05, 0.1) is 18.4 Å². The zero-order chi connectivity index (χ0) is 16.9. The molecule has 0 spiro atoms. The number of aromatic nitrogens is 2. The van der Waals surface area contributed by atoms with Gasteiger partial charge in [-0.1, -0.05) is 13.8 Å². The lowest BCUT2D eigenvalue weighted by molar-refractivity contribution is 0.00819. The van der Waals surface area contributed by atoms with Gasteiger partial charge in [-0.05, 0) is 12.8 Å². The number of nitrogens with zero attached hydrogens (tertiary/aromatic N) is 3. The summed E-state index contributed by atoms with van der Waals surface area (Å²) in [6.45, 7) is 4.72. The van der Waals surface area contributed by atoms with Crippen molar-refractivity contribution in [3.63, 3.8) is 0 Å². The van der Waals surface area contributed by atoms with Crippen molar-refractivity contribution in [2.24, 2.45) is 7.05 Å². The van der Waals surface area contributed by atoms with Crippen LogP contribution in [0.4, 0.5) is 19.1 Å². The molecule has 1 fully saturated rings. The van der Waals surface area contributed by atoms with E-state index in [1.165, 1.54) is 0 Å². The number of halogens is 3. The van der Waals surface area contributed by atoms with Gasteiger partial charge in [0, 0.05) is 26.2 Å². The third kappa shape index (κ3) is 5.32. The van der Waals surface area contributed by atoms with Gasteiger partial charge in [0.25, 0.3) is 5.56 Å². The number of rotatable bonds is 2. The molecule has 1 aromatic heterocycles. The molecule has 2 rings (SSSR count). The van der Waals surface area contributed by atoms with Crippen LogP contribution in [0.1, 0.15) is 32.4 Å². The molecule has 1 unspecified atom stereocenters. The summed E-state index contributed by atoms with van der Waals surface area (Å²) in [5.74, 6) is 1.01. The molecule has 1 aliphatic heterocycles. The maximum absolute atomic E-state index is 12.0. The van der Waals surface area contributed by atoms with Gasteiger partial charge in [-0.15, -0.1) is 0 Å². The minimum atomic E-state index is -3.67. The Morgan fingerprint density at radius 1 is 1.36 bits per heavy atom. The van der Waals surface area contributed by atoms with Gasteiger partial charge < -0.3 is 9.64 Å². The average Bonchev–Trinajstić information content (AvgIpc) is 2.40. The number of hydrogen-bond acceptors (Lipinski definition) is 4. The fourth-order valence-corrected chi connectivity index (χ4v) is 2.12. The molecule has 1 saturated heterocycles. The molecule has 5 nitrogen and oxygen atoms in total. The van der Waals surface area contributed by atoms with Crippen molar-refractivity contribution < 1.29 is 17.9 Å². The molecule has 1 atom stereocenters. The zero-order valence-electron chi connectivity index (χ0n) is 13.2. The van der Waals surface area contributed by atoms with E-state index in [-0.39, 0.29) is 17.6 Å². The van der Waals surface area contributed by atoms with Crippen LogP contribution in [0.5, 0.6) is 0 Å². The Hall–Kier alpha value is -1.57. The Morgan fingerprint density at radius 3 is 2.45 bits per heavy atom. The Labute approximate surface area is 127 Å². The highest BCUT2D eigenvalue weighted by molar-refractivity contribution is 5.33. The second kappa shape index (κ2) is 8.17. The lowest BCUT2D eigenvalue weighted by Crippen LogP contribution is -2.44. The van der Waals surface area contributed by atoms with Crippen molar-refractivity contribution in [2.75, 3.05) is 24.6 Å². The number of alkyl halides is 3. The standard InChI is InChI=1S/C13H21N3O2.CHF3/c1-9(2)11-7-12(17)15(4)13(14-11)16-5-6-18-10(3)8-16;2-1(3)4/h7,9-10H,5-6,8H2,1-4H3;1H. The quantitative estimate of drug-likeness (QED) is 0.839. The predicted octanol–water partition coefficient (Wildman–Crippen LogP) is 2.31. The first kappa shape index (κ1) is 18.5. The van der Waals surface area contributed by atoms with Crippen molar-refractivity contribution >= 4 is 5.95 Å². The van der Waals surface area contributed by atoms with Gasteiger partial charge in [-0.3, -0.25) is 9.36 Å². The molecule has 126 valence electrons. The molecular weight excluding hydrogens is 299 g/mol. The first-order valence-electron chi connectivity index (χ1n) is 7.09. The predicted molar refractivity (Wildman–Crippen MR) is 78.3 cm³/mol. The Morgan fingerprint density at radius 2 is 1.95 bits per heavy atom. The van der Waals surface area contributed by atoms with E-state index >= 15 is 0 Å². The van der Waals surface area contributed by atoms with Gasteiger partial charge in [-0.2, -0.15) is 13.2 Å². The Bertz CT molecular complexity index is 532. The number of ether oxygens (including phenoxy) is 1. The summed E-state index contributed by atoms with van der Waals surface area (Å²) in [5, 5.41) is 0. The Balaban J connectivity index is 0.000000541. The van der Waals surface area contributed by atoms with E-state index in [9.17, 15) is 18.0 Å². The molecule has 0 amide bonds. The van der Waals surface area contributed by atoms with Crippen LogP contribution in [0.15, 0.2) is 10.9 Å². The van der Waals surface area contributed by atoms with Crippen molar-refractivity contribution in [1.82, 2.24) is 9.55 Å². The summed E-state index contributed by atoms with van der Waals surface area (Å²) in [7, 11) is 1.77. The molecule has 0 aromatic carbocycles. The summed E-state index contributed by atoms with van der Waals surface area (Å²) in [6, 6.07) is 1.62. The van der Waals surface area contributed by atoms with Gasteiger partial charge in [-0.25, -0.2) is 4.98 Å². The van der Waals surface area contributed by atoms with Crippen molar-refractivity contribution in [2.45, 2.75) is 39.5 Å². The summed E-state index contributed by atoms with van der Waals surface area (Å²) in [6.07, 6.45) is 0.179. The number of hydrogen-bond donors (Lipinski definition) is 0. The third-order valence-electron chi connectivity index (χ3n) is 3.25.